The second kappa shape index (κ2) is 6.31. The lowest BCUT2D eigenvalue weighted by Gasteiger charge is -2.08. The maximum absolute atomic E-state index is 11.7. The molecule has 1 aromatic heterocycles. The summed E-state index contributed by atoms with van der Waals surface area (Å²) in [5.41, 5.74) is 2.63. The lowest BCUT2D eigenvalue weighted by Crippen LogP contribution is -2.28. The van der Waals surface area contributed by atoms with Gasteiger partial charge < -0.3 is 15.6 Å². The zero-order valence-electron chi connectivity index (χ0n) is 10.5. The number of amides is 1. The maximum atomic E-state index is 11.7. The van der Waals surface area contributed by atoms with Gasteiger partial charge in [-0.25, -0.2) is 0 Å². The number of aryl methyl sites for hydroxylation is 1. The molecular formula is C13H15N3O2S. The number of anilines is 1. The van der Waals surface area contributed by atoms with Gasteiger partial charge in [0, 0.05) is 23.3 Å². The third-order valence-electron chi connectivity index (χ3n) is 2.59. The van der Waals surface area contributed by atoms with E-state index in [1.807, 2.05) is 31.2 Å². The quantitative estimate of drug-likeness (QED) is 0.775. The number of carbonyl (C=O) groups is 1. The molecule has 6 heteroatoms. The molecular weight excluding hydrogens is 262 g/mol. The Morgan fingerprint density at radius 3 is 2.84 bits per heavy atom. The molecule has 0 radical (unpaired) electrons. The van der Waals surface area contributed by atoms with Gasteiger partial charge in [0.15, 0.2) is 0 Å². The molecule has 100 valence electrons. The summed E-state index contributed by atoms with van der Waals surface area (Å²) in [7, 11) is 0. The van der Waals surface area contributed by atoms with Crippen molar-refractivity contribution in [2.24, 2.45) is 0 Å². The van der Waals surface area contributed by atoms with Gasteiger partial charge in [0.1, 0.15) is 0 Å². The molecule has 0 spiro atoms. The van der Waals surface area contributed by atoms with Crippen LogP contribution in [-0.2, 0) is 11.3 Å². The average Bonchev–Trinajstić information content (AvgIpc) is 2.78. The van der Waals surface area contributed by atoms with Gasteiger partial charge in [-0.2, -0.15) is 0 Å². The fourth-order valence-electron chi connectivity index (χ4n) is 1.62. The van der Waals surface area contributed by atoms with E-state index in [9.17, 15) is 9.59 Å². The summed E-state index contributed by atoms with van der Waals surface area (Å²) < 4.78 is 0. The molecule has 5 nitrogen and oxygen atoms in total. The molecule has 19 heavy (non-hydrogen) atoms. The number of aromatic amines is 1. The largest absolute Gasteiger partial charge is 0.325 e. The SMILES string of the molecule is Cc1ccccc1NC(=O)CNCc1csc(=O)[nH]1. The van der Waals surface area contributed by atoms with E-state index < -0.39 is 0 Å². The molecule has 2 rings (SSSR count). The Labute approximate surface area is 114 Å². The molecule has 1 aromatic carbocycles. The van der Waals surface area contributed by atoms with Gasteiger partial charge in [0.05, 0.1) is 6.54 Å². The topological polar surface area (TPSA) is 74.0 Å². The number of para-hydroxylation sites is 1. The van der Waals surface area contributed by atoms with Crippen LogP contribution in [0.15, 0.2) is 34.4 Å². The fourth-order valence-corrected chi connectivity index (χ4v) is 2.20. The summed E-state index contributed by atoms with van der Waals surface area (Å²) in [5.74, 6) is -0.105. The summed E-state index contributed by atoms with van der Waals surface area (Å²) in [5, 5.41) is 7.55. The molecule has 1 amide bonds. The van der Waals surface area contributed by atoms with Crippen molar-refractivity contribution in [3.8, 4) is 0 Å². The Bertz CT molecular complexity index is 618. The van der Waals surface area contributed by atoms with Crippen LogP contribution in [0.25, 0.3) is 0 Å². The van der Waals surface area contributed by atoms with Gasteiger partial charge in [-0.1, -0.05) is 29.5 Å². The summed E-state index contributed by atoms with van der Waals surface area (Å²) in [6.45, 7) is 2.62. The van der Waals surface area contributed by atoms with E-state index in [0.29, 0.717) is 6.54 Å². The van der Waals surface area contributed by atoms with Gasteiger partial charge in [-0.05, 0) is 18.6 Å². The number of rotatable bonds is 5. The van der Waals surface area contributed by atoms with Crippen LogP contribution in [0.1, 0.15) is 11.3 Å². The van der Waals surface area contributed by atoms with Crippen LogP contribution in [0, 0.1) is 6.92 Å². The highest BCUT2D eigenvalue weighted by atomic mass is 32.1. The van der Waals surface area contributed by atoms with Gasteiger partial charge in [-0.15, -0.1) is 0 Å². The number of thiazole rings is 1. The number of benzene rings is 1. The molecule has 2 aromatic rings. The van der Waals surface area contributed by atoms with Crippen LogP contribution < -0.4 is 15.5 Å². The third-order valence-corrected chi connectivity index (χ3v) is 3.31. The van der Waals surface area contributed by atoms with Crippen molar-refractivity contribution in [1.29, 1.82) is 0 Å². The zero-order chi connectivity index (χ0) is 13.7. The molecule has 0 fully saturated rings. The van der Waals surface area contributed by atoms with Gasteiger partial charge >= 0.3 is 4.87 Å². The Morgan fingerprint density at radius 1 is 1.37 bits per heavy atom. The predicted octanol–water partition coefficient (Wildman–Crippen LogP) is 1.47. The third kappa shape index (κ3) is 4.04. The van der Waals surface area contributed by atoms with E-state index in [0.717, 1.165) is 28.3 Å². The standard InChI is InChI=1S/C13H15N3O2S/c1-9-4-2-3-5-11(9)16-12(17)7-14-6-10-8-19-13(18)15-10/h2-5,8,14H,6-7H2,1H3,(H,15,18)(H,16,17). The smallest absolute Gasteiger partial charge is 0.304 e. The first-order chi connectivity index (χ1) is 9.15. The van der Waals surface area contributed by atoms with E-state index in [-0.39, 0.29) is 17.3 Å². The summed E-state index contributed by atoms with van der Waals surface area (Å²) >= 11 is 1.12. The summed E-state index contributed by atoms with van der Waals surface area (Å²) in [6.07, 6.45) is 0. The highest BCUT2D eigenvalue weighted by Crippen LogP contribution is 2.12. The van der Waals surface area contributed by atoms with Crippen LogP contribution in [0.4, 0.5) is 5.69 Å². The molecule has 0 saturated heterocycles. The number of hydrogen-bond acceptors (Lipinski definition) is 4. The molecule has 0 bridgehead atoms. The Balaban J connectivity index is 1.79. The second-order valence-corrected chi connectivity index (χ2v) is 4.98. The Morgan fingerprint density at radius 2 is 2.16 bits per heavy atom. The van der Waals surface area contributed by atoms with E-state index >= 15 is 0 Å². The number of carbonyl (C=O) groups excluding carboxylic acids is 1. The first-order valence-electron chi connectivity index (χ1n) is 5.88. The highest BCUT2D eigenvalue weighted by molar-refractivity contribution is 7.07. The van der Waals surface area contributed by atoms with E-state index in [4.69, 9.17) is 0 Å². The molecule has 1 heterocycles. The Kier molecular flexibility index (Phi) is 4.48. The molecule has 0 atom stereocenters. The fraction of sp³-hybridized carbons (Fsp3) is 0.231. The van der Waals surface area contributed by atoms with Crippen molar-refractivity contribution in [2.75, 3.05) is 11.9 Å². The number of aromatic nitrogens is 1. The van der Waals surface area contributed by atoms with Gasteiger partial charge in [0.2, 0.25) is 5.91 Å². The molecule has 0 saturated carbocycles. The van der Waals surface area contributed by atoms with Crippen LogP contribution >= 0.6 is 11.3 Å². The van der Waals surface area contributed by atoms with Crippen molar-refractivity contribution in [1.82, 2.24) is 10.3 Å². The maximum Gasteiger partial charge on any atom is 0.304 e. The number of H-pyrrole nitrogens is 1. The van der Waals surface area contributed by atoms with Crippen LogP contribution in [0.2, 0.25) is 0 Å². The van der Waals surface area contributed by atoms with Crippen molar-refractivity contribution in [3.63, 3.8) is 0 Å². The van der Waals surface area contributed by atoms with Crippen LogP contribution in [0.5, 0.6) is 0 Å². The highest BCUT2D eigenvalue weighted by Gasteiger charge is 2.04. The van der Waals surface area contributed by atoms with E-state index in [1.165, 1.54) is 0 Å². The summed E-state index contributed by atoms with van der Waals surface area (Å²) in [6, 6.07) is 7.62. The lowest BCUT2D eigenvalue weighted by molar-refractivity contribution is -0.115. The van der Waals surface area contributed by atoms with Gasteiger partial charge in [0.25, 0.3) is 0 Å². The normalized spacial score (nSPS) is 10.4. The molecule has 0 aliphatic carbocycles. The zero-order valence-corrected chi connectivity index (χ0v) is 11.3. The van der Waals surface area contributed by atoms with Crippen molar-refractivity contribution in [3.05, 3.63) is 50.6 Å². The molecule has 0 unspecified atom stereocenters. The molecule has 0 aliphatic heterocycles. The Hall–Kier alpha value is -1.92. The van der Waals surface area contributed by atoms with Crippen molar-refractivity contribution < 1.29 is 4.79 Å². The first-order valence-corrected chi connectivity index (χ1v) is 6.76. The van der Waals surface area contributed by atoms with Crippen LogP contribution in [0.3, 0.4) is 0 Å². The monoisotopic (exact) mass is 277 g/mol. The van der Waals surface area contributed by atoms with Crippen molar-refractivity contribution in [2.45, 2.75) is 13.5 Å². The average molecular weight is 277 g/mol. The van der Waals surface area contributed by atoms with Gasteiger partial charge in [-0.3, -0.25) is 9.59 Å². The van der Waals surface area contributed by atoms with E-state index in [2.05, 4.69) is 15.6 Å². The van der Waals surface area contributed by atoms with Crippen molar-refractivity contribution >= 4 is 22.9 Å². The number of nitrogens with one attached hydrogen (secondary N) is 3. The second-order valence-electron chi connectivity index (χ2n) is 4.14. The minimum Gasteiger partial charge on any atom is -0.325 e. The first kappa shape index (κ1) is 13.5. The lowest BCUT2D eigenvalue weighted by atomic mass is 10.2. The predicted molar refractivity (Wildman–Crippen MR) is 76.5 cm³/mol. The minimum atomic E-state index is -0.105. The minimum absolute atomic E-state index is 0.0823. The number of hydrogen-bond donors (Lipinski definition) is 3. The molecule has 0 aliphatic rings. The van der Waals surface area contributed by atoms with E-state index in [1.54, 1.807) is 5.38 Å². The van der Waals surface area contributed by atoms with Crippen LogP contribution in [-0.4, -0.2) is 17.4 Å². The molecule has 3 N–H and O–H groups in total. The summed E-state index contributed by atoms with van der Waals surface area (Å²) in [4.78, 5) is 25.2.